The zero-order valence-electron chi connectivity index (χ0n) is 25.5. The number of ether oxygens (including phenoxy) is 2. The van der Waals surface area contributed by atoms with Gasteiger partial charge in [0.1, 0.15) is 11.5 Å². The maximum Gasteiger partial charge on any atom is 0.437 e. The van der Waals surface area contributed by atoms with Gasteiger partial charge in [-0.15, -0.1) is 0 Å². The van der Waals surface area contributed by atoms with Gasteiger partial charge in [-0.1, -0.05) is 52.7 Å². The molecule has 0 aliphatic rings. The van der Waals surface area contributed by atoms with Crippen LogP contribution in [0.15, 0.2) is 112 Å². The van der Waals surface area contributed by atoms with E-state index in [9.17, 15) is 30.6 Å². The van der Waals surface area contributed by atoms with E-state index in [1.807, 2.05) is 19.1 Å². The van der Waals surface area contributed by atoms with E-state index in [2.05, 4.69) is 14.9 Å². The number of alkyl halides is 6. The summed E-state index contributed by atoms with van der Waals surface area (Å²) in [6.45, 7) is 4.01. The Bertz CT molecular complexity index is 1650. The smallest absolute Gasteiger partial charge is 0.437 e. The number of nitrogens with one attached hydrogen (secondary N) is 1. The first kappa shape index (κ1) is 36.8. The van der Waals surface area contributed by atoms with Crippen molar-refractivity contribution in [1.82, 2.24) is 5.48 Å². The summed E-state index contributed by atoms with van der Waals surface area (Å²) in [5, 5.41) is 3.13. The zero-order valence-corrected chi connectivity index (χ0v) is 27.1. The number of oxime groups is 1. The Hall–Kier alpha value is -4.05. The quantitative estimate of drug-likeness (QED) is 0.0434. The predicted molar refractivity (Wildman–Crippen MR) is 170 cm³/mol. The van der Waals surface area contributed by atoms with Crippen molar-refractivity contribution in [2.45, 2.75) is 48.5 Å². The molecule has 1 N–H and O–H groups in total. The summed E-state index contributed by atoms with van der Waals surface area (Å²) in [6.07, 6.45) is -9.13. The molecule has 4 aromatic rings. The number of aryl methyl sites for hydroxylation is 2. The van der Waals surface area contributed by atoms with E-state index in [0.717, 1.165) is 35.3 Å². The molecule has 48 heavy (non-hydrogen) atoms. The second-order valence-electron chi connectivity index (χ2n) is 10.3. The normalized spacial score (nSPS) is 13.5. The lowest BCUT2D eigenvalue weighted by molar-refractivity contribution is -0.173. The van der Waals surface area contributed by atoms with Gasteiger partial charge in [0.25, 0.3) is 11.1 Å². The van der Waals surface area contributed by atoms with Gasteiger partial charge >= 0.3 is 12.4 Å². The molecule has 0 amide bonds. The Morgan fingerprint density at radius 3 is 1.81 bits per heavy atom. The zero-order chi connectivity index (χ0) is 34.7. The van der Waals surface area contributed by atoms with Crippen LogP contribution < -0.4 is 15.0 Å². The third kappa shape index (κ3) is 11.3. The SMILES string of the molecule is Cc1ccc(SONC(c2ccc(OCCCOc3ccc(/C(=N/OS(=O)c4ccc(C)cc4)C(F)(F)F)cc3)cc2)C(F)(F)F)cc1. The molecule has 2 unspecified atom stereocenters. The molecule has 0 radical (unpaired) electrons. The first-order valence-corrected chi connectivity index (χ1v) is 16.1. The lowest BCUT2D eigenvalue weighted by Crippen LogP contribution is -2.33. The lowest BCUT2D eigenvalue weighted by atomic mass is 10.1. The van der Waals surface area contributed by atoms with Gasteiger partial charge in [-0.3, -0.25) is 4.28 Å². The van der Waals surface area contributed by atoms with Gasteiger partial charge in [0, 0.05) is 16.9 Å². The topological polar surface area (TPSA) is 78.4 Å². The van der Waals surface area contributed by atoms with Crippen molar-refractivity contribution in [1.29, 1.82) is 0 Å². The highest BCUT2D eigenvalue weighted by atomic mass is 32.2. The molecule has 0 spiro atoms. The van der Waals surface area contributed by atoms with Crippen LogP contribution >= 0.6 is 12.0 Å². The molecule has 0 fully saturated rings. The van der Waals surface area contributed by atoms with Crippen LogP contribution in [-0.2, 0) is 19.6 Å². The molecule has 0 aromatic heterocycles. The lowest BCUT2D eigenvalue weighted by Gasteiger charge is -2.21. The Labute approximate surface area is 280 Å². The summed E-state index contributed by atoms with van der Waals surface area (Å²) < 4.78 is 115. The minimum Gasteiger partial charge on any atom is -0.493 e. The molecular formula is C33H30F6N2O5S2. The van der Waals surface area contributed by atoms with Gasteiger partial charge in [-0.2, -0.15) is 31.8 Å². The largest absolute Gasteiger partial charge is 0.493 e. The van der Waals surface area contributed by atoms with E-state index in [-0.39, 0.29) is 35.0 Å². The Kier molecular flexibility index (Phi) is 12.9. The summed E-state index contributed by atoms with van der Waals surface area (Å²) >= 11 is -1.46. The third-order valence-corrected chi connectivity index (χ3v) is 8.01. The van der Waals surface area contributed by atoms with Gasteiger partial charge in [-0.05, 0) is 80.1 Å². The monoisotopic (exact) mass is 712 g/mol. The van der Waals surface area contributed by atoms with E-state index in [1.54, 1.807) is 31.2 Å². The average molecular weight is 713 g/mol. The molecule has 15 heteroatoms. The summed E-state index contributed by atoms with van der Waals surface area (Å²) in [4.78, 5) is 0.802. The van der Waals surface area contributed by atoms with Crippen LogP contribution in [0, 0.1) is 13.8 Å². The van der Waals surface area contributed by atoms with Crippen molar-refractivity contribution in [3.05, 3.63) is 119 Å². The molecule has 0 aliphatic carbocycles. The minimum atomic E-state index is -4.88. The van der Waals surface area contributed by atoms with E-state index in [0.29, 0.717) is 17.1 Å². The number of hydrogen-bond acceptors (Lipinski definition) is 8. The molecule has 0 heterocycles. The van der Waals surface area contributed by atoms with Gasteiger partial charge in [0.15, 0.2) is 11.8 Å². The van der Waals surface area contributed by atoms with Crippen LogP contribution in [0.1, 0.15) is 34.7 Å². The number of hydrogen-bond donors (Lipinski definition) is 1. The van der Waals surface area contributed by atoms with Crippen molar-refractivity contribution < 1.29 is 48.6 Å². The fourth-order valence-electron chi connectivity index (χ4n) is 3.97. The van der Waals surface area contributed by atoms with E-state index < -0.39 is 35.2 Å². The molecule has 2 atom stereocenters. The number of nitrogens with zero attached hydrogens (tertiary/aromatic N) is 1. The standard InChI is InChI=1S/C33H30F6N2O5S2/c1-22-4-16-28(17-5-22)47-45-40-30(32(34,35)36)24-8-12-26(13-9-24)43-20-3-21-44-27-14-10-25(11-15-27)31(33(37,38)39)41-46-48(42)29-18-6-23(2)7-19-29/h4-19,30,40H,3,20-21H2,1-2H3/b41-31-. The maximum atomic E-state index is 13.7. The summed E-state index contributed by atoms with van der Waals surface area (Å²) in [5.74, 6) is 0.616. The number of hydroxylamine groups is 1. The van der Waals surface area contributed by atoms with Crippen LogP contribution in [0.25, 0.3) is 0 Å². The van der Waals surface area contributed by atoms with Crippen LogP contribution in [0.2, 0.25) is 0 Å². The van der Waals surface area contributed by atoms with E-state index in [1.165, 1.54) is 48.5 Å². The molecule has 0 saturated heterocycles. The molecule has 4 rings (SSSR count). The van der Waals surface area contributed by atoms with Gasteiger partial charge < -0.3 is 9.47 Å². The summed E-state index contributed by atoms with van der Waals surface area (Å²) in [5.41, 5.74) is 2.21. The first-order chi connectivity index (χ1) is 22.8. The van der Waals surface area contributed by atoms with Crippen molar-refractivity contribution in [2.75, 3.05) is 13.2 Å². The van der Waals surface area contributed by atoms with Gasteiger partial charge in [-0.25, -0.2) is 8.49 Å². The van der Waals surface area contributed by atoms with Crippen LogP contribution in [-0.4, -0.2) is 35.5 Å². The number of benzene rings is 4. The molecule has 0 aliphatic heterocycles. The predicted octanol–water partition coefficient (Wildman–Crippen LogP) is 8.99. The molecular weight excluding hydrogens is 682 g/mol. The number of halogens is 6. The van der Waals surface area contributed by atoms with Crippen molar-refractivity contribution in [2.24, 2.45) is 5.16 Å². The highest BCUT2D eigenvalue weighted by Gasteiger charge is 2.41. The van der Waals surface area contributed by atoms with Crippen molar-refractivity contribution >= 4 is 28.8 Å². The fraction of sp³-hybridized carbons (Fsp3) is 0.242. The van der Waals surface area contributed by atoms with Crippen molar-refractivity contribution in [3.63, 3.8) is 0 Å². The summed E-state index contributed by atoms with van der Waals surface area (Å²) in [6, 6.07) is 21.6. The average Bonchev–Trinajstić information content (AvgIpc) is 3.04. The van der Waals surface area contributed by atoms with Crippen LogP contribution in [0.5, 0.6) is 11.5 Å². The van der Waals surface area contributed by atoms with Gasteiger partial charge in [0.05, 0.1) is 30.2 Å². The summed E-state index contributed by atoms with van der Waals surface area (Å²) in [7, 11) is 0. The molecule has 7 nitrogen and oxygen atoms in total. The molecule has 256 valence electrons. The first-order valence-electron chi connectivity index (χ1n) is 14.3. The van der Waals surface area contributed by atoms with Crippen molar-refractivity contribution in [3.8, 4) is 11.5 Å². The Morgan fingerprint density at radius 2 is 1.29 bits per heavy atom. The Balaban J connectivity index is 1.23. The third-order valence-electron chi connectivity index (χ3n) is 6.50. The Morgan fingerprint density at radius 1 is 0.771 bits per heavy atom. The molecule has 4 aromatic carbocycles. The van der Waals surface area contributed by atoms with E-state index >= 15 is 0 Å². The molecule has 0 bridgehead atoms. The maximum absolute atomic E-state index is 13.7. The highest BCUT2D eigenvalue weighted by Crippen LogP contribution is 2.34. The minimum absolute atomic E-state index is 0.0732. The number of rotatable bonds is 15. The van der Waals surface area contributed by atoms with Gasteiger partial charge in [0.2, 0.25) is 0 Å². The van der Waals surface area contributed by atoms with Crippen LogP contribution in [0.4, 0.5) is 26.3 Å². The fourth-order valence-corrected chi connectivity index (χ4v) is 5.05. The second-order valence-corrected chi connectivity index (χ2v) is 12.2. The highest BCUT2D eigenvalue weighted by molar-refractivity contribution is 7.94. The second kappa shape index (κ2) is 16.9. The van der Waals surface area contributed by atoms with Crippen LogP contribution in [0.3, 0.4) is 0 Å². The molecule has 0 saturated carbocycles. The van der Waals surface area contributed by atoms with E-state index in [4.69, 9.17) is 13.8 Å².